The summed E-state index contributed by atoms with van der Waals surface area (Å²) in [5, 5.41) is 0. The summed E-state index contributed by atoms with van der Waals surface area (Å²) in [7, 11) is 0. The van der Waals surface area contributed by atoms with E-state index in [1.54, 1.807) is 0 Å². The summed E-state index contributed by atoms with van der Waals surface area (Å²) in [4.78, 5) is 2.21. The maximum atomic E-state index is 3.07. The van der Waals surface area contributed by atoms with E-state index in [0.29, 0.717) is 0 Å². The number of piperidine rings is 1. The Hall–Kier alpha value is -0.350. The Morgan fingerprint density at radius 1 is 1.10 bits per heavy atom. The van der Waals surface area contributed by atoms with Crippen LogP contribution in [0.2, 0.25) is 0 Å². The SMILES string of the molecule is CC#CN1CCCCC1.Cl. The van der Waals surface area contributed by atoms with Gasteiger partial charge in [0.25, 0.3) is 0 Å². The van der Waals surface area contributed by atoms with Crippen molar-refractivity contribution in [3.05, 3.63) is 0 Å². The Labute approximate surface area is 69.2 Å². The summed E-state index contributed by atoms with van der Waals surface area (Å²) in [6.45, 7) is 4.26. The van der Waals surface area contributed by atoms with E-state index in [1.165, 1.54) is 32.4 Å². The predicted octanol–water partition coefficient (Wildman–Crippen LogP) is 1.87. The first kappa shape index (κ1) is 9.65. The molecule has 0 aromatic rings. The summed E-state index contributed by atoms with van der Waals surface area (Å²) in [6, 6.07) is 3.07. The van der Waals surface area contributed by atoms with Gasteiger partial charge in [-0.15, -0.1) is 12.4 Å². The minimum atomic E-state index is 0. The molecule has 58 valence electrons. The van der Waals surface area contributed by atoms with Crippen molar-refractivity contribution in [1.82, 2.24) is 4.90 Å². The Morgan fingerprint density at radius 2 is 1.70 bits per heavy atom. The number of hydrogen-bond donors (Lipinski definition) is 0. The Bertz CT molecular complexity index is 128. The second kappa shape index (κ2) is 5.44. The van der Waals surface area contributed by atoms with Gasteiger partial charge in [-0.3, -0.25) is 0 Å². The Morgan fingerprint density at radius 3 is 2.20 bits per heavy atom. The lowest BCUT2D eigenvalue weighted by molar-refractivity contribution is 0.326. The zero-order valence-corrected chi connectivity index (χ0v) is 7.21. The van der Waals surface area contributed by atoms with Crippen LogP contribution in [-0.2, 0) is 0 Å². The molecule has 0 unspecified atom stereocenters. The van der Waals surface area contributed by atoms with Crippen LogP contribution in [0, 0.1) is 12.0 Å². The van der Waals surface area contributed by atoms with Crippen molar-refractivity contribution in [1.29, 1.82) is 0 Å². The number of halogens is 1. The molecule has 1 heterocycles. The van der Waals surface area contributed by atoms with Crippen LogP contribution in [0.25, 0.3) is 0 Å². The van der Waals surface area contributed by atoms with Gasteiger partial charge < -0.3 is 4.90 Å². The van der Waals surface area contributed by atoms with Gasteiger partial charge in [0.05, 0.1) is 0 Å². The molecule has 0 bridgehead atoms. The quantitative estimate of drug-likeness (QED) is 0.488. The van der Waals surface area contributed by atoms with Gasteiger partial charge in [0.2, 0.25) is 0 Å². The fraction of sp³-hybridized carbons (Fsp3) is 0.750. The van der Waals surface area contributed by atoms with Crippen LogP contribution in [0.15, 0.2) is 0 Å². The van der Waals surface area contributed by atoms with E-state index in [9.17, 15) is 0 Å². The molecule has 0 N–H and O–H groups in total. The normalized spacial score (nSPS) is 16.7. The molecule has 0 radical (unpaired) electrons. The van der Waals surface area contributed by atoms with Gasteiger partial charge in [-0.1, -0.05) is 5.92 Å². The van der Waals surface area contributed by atoms with Crippen molar-refractivity contribution in [2.45, 2.75) is 26.2 Å². The van der Waals surface area contributed by atoms with Crippen LogP contribution in [0.4, 0.5) is 0 Å². The number of hydrogen-bond acceptors (Lipinski definition) is 1. The molecule has 10 heavy (non-hydrogen) atoms. The zero-order valence-electron chi connectivity index (χ0n) is 6.39. The van der Waals surface area contributed by atoms with Gasteiger partial charge >= 0.3 is 0 Å². The molecular formula is C8H14ClN. The lowest BCUT2D eigenvalue weighted by Gasteiger charge is -2.21. The highest BCUT2D eigenvalue weighted by Crippen LogP contribution is 2.06. The number of nitrogens with zero attached hydrogens (tertiary/aromatic N) is 1. The molecule has 0 aromatic carbocycles. The van der Waals surface area contributed by atoms with Gasteiger partial charge in [0.15, 0.2) is 0 Å². The largest absolute Gasteiger partial charge is 0.333 e. The zero-order chi connectivity index (χ0) is 6.53. The maximum absolute atomic E-state index is 3.07. The van der Waals surface area contributed by atoms with Crippen molar-refractivity contribution < 1.29 is 0 Å². The topological polar surface area (TPSA) is 3.24 Å². The smallest absolute Gasteiger partial charge is 0.0260 e. The summed E-state index contributed by atoms with van der Waals surface area (Å²) in [5.74, 6) is 2.91. The molecule has 1 fully saturated rings. The predicted molar refractivity (Wildman–Crippen MR) is 46.1 cm³/mol. The summed E-state index contributed by atoms with van der Waals surface area (Å²) in [6.07, 6.45) is 4.05. The second-order valence-electron chi connectivity index (χ2n) is 2.41. The van der Waals surface area contributed by atoms with E-state index in [1.807, 2.05) is 6.92 Å². The lowest BCUT2D eigenvalue weighted by atomic mass is 10.1. The third kappa shape index (κ3) is 2.98. The van der Waals surface area contributed by atoms with Crippen molar-refractivity contribution in [2.24, 2.45) is 0 Å². The summed E-state index contributed by atoms with van der Waals surface area (Å²) < 4.78 is 0. The van der Waals surface area contributed by atoms with Gasteiger partial charge in [-0.2, -0.15) is 0 Å². The first-order valence-electron chi connectivity index (χ1n) is 3.61. The third-order valence-electron chi connectivity index (χ3n) is 1.63. The molecule has 1 rings (SSSR count). The minimum Gasteiger partial charge on any atom is -0.333 e. The second-order valence-corrected chi connectivity index (χ2v) is 2.41. The van der Waals surface area contributed by atoms with Crippen LogP contribution in [0.3, 0.4) is 0 Å². The molecule has 0 atom stereocenters. The summed E-state index contributed by atoms with van der Waals surface area (Å²) in [5.41, 5.74) is 0. The van der Waals surface area contributed by atoms with Crippen LogP contribution >= 0.6 is 12.4 Å². The van der Waals surface area contributed by atoms with Crippen molar-refractivity contribution in [2.75, 3.05) is 13.1 Å². The van der Waals surface area contributed by atoms with E-state index in [4.69, 9.17) is 0 Å². The highest BCUT2D eigenvalue weighted by Gasteiger charge is 2.04. The molecule has 0 amide bonds. The molecule has 1 nitrogen and oxygen atoms in total. The van der Waals surface area contributed by atoms with Gasteiger partial charge in [-0.05, 0) is 26.2 Å². The maximum Gasteiger partial charge on any atom is 0.0260 e. The molecule has 0 aromatic heterocycles. The number of likely N-dealkylation sites (tertiary alicyclic amines) is 1. The van der Waals surface area contributed by atoms with E-state index >= 15 is 0 Å². The first-order valence-corrected chi connectivity index (χ1v) is 3.61. The fourth-order valence-electron chi connectivity index (χ4n) is 1.16. The minimum absolute atomic E-state index is 0. The van der Waals surface area contributed by atoms with Crippen LogP contribution in [0.5, 0.6) is 0 Å². The molecule has 1 aliphatic rings. The first-order chi connectivity index (χ1) is 4.43. The number of rotatable bonds is 0. The fourth-order valence-corrected chi connectivity index (χ4v) is 1.16. The van der Waals surface area contributed by atoms with E-state index in [-0.39, 0.29) is 12.4 Å². The lowest BCUT2D eigenvalue weighted by Crippen LogP contribution is -2.24. The van der Waals surface area contributed by atoms with E-state index in [0.717, 1.165) is 0 Å². The molecule has 0 aliphatic carbocycles. The molecule has 1 saturated heterocycles. The van der Waals surface area contributed by atoms with Crippen LogP contribution < -0.4 is 0 Å². The third-order valence-corrected chi connectivity index (χ3v) is 1.63. The average Bonchev–Trinajstić information content (AvgIpc) is 1.91. The summed E-state index contributed by atoms with van der Waals surface area (Å²) >= 11 is 0. The van der Waals surface area contributed by atoms with Gasteiger partial charge in [0, 0.05) is 19.1 Å². The van der Waals surface area contributed by atoms with Crippen molar-refractivity contribution in [3.8, 4) is 12.0 Å². The molecule has 2 heteroatoms. The van der Waals surface area contributed by atoms with Gasteiger partial charge in [-0.25, -0.2) is 0 Å². The van der Waals surface area contributed by atoms with Crippen molar-refractivity contribution in [3.63, 3.8) is 0 Å². The molecule has 1 aliphatic heterocycles. The van der Waals surface area contributed by atoms with Crippen LogP contribution in [0.1, 0.15) is 26.2 Å². The molecule has 0 saturated carbocycles. The average molecular weight is 160 g/mol. The highest BCUT2D eigenvalue weighted by atomic mass is 35.5. The standard InChI is InChI=1S/C8H13N.ClH/c1-2-6-9-7-4-3-5-8-9;/h3-5,7-8H2,1H3;1H. The molecule has 0 spiro atoms. The monoisotopic (exact) mass is 159 g/mol. The van der Waals surface area contributed by atoms with Crippen molar-refractivity contribution >= 4 is 12.4 Å². The van der Waals surface area contributed by atoms with Crippen LogP contribution in [-0.4, -0.2) is 18.0 Å². The van der Waals surface area contributed by atoms with E-state index < -0.39 is 0 Å². The van der Waals surface area contributed by atoms with E-state index in [2.05, 4.69) is 16.9 Å². The molecular weight excluding hydrogens is 146 g/mol. The Kier molecular flexibility index (Phi) is 5.25. The van der Waals surface area contributed by atoms with Gasteiger partial charge in [0.1, 0.15) is 0 Å². The highest BCUT2D eigenvalue weighted by molar-refractivity contribution is 5.85. The Balaban J connectivity index is 0.000000810.